The monoisotopic (exact) mass is 429 g/mol. The van der Waals surface area contributed by atoms with E-state index in [2.05, 4.69) is 15.2 Å². The highest BCUT2D eigenvalue weighted by Crippen LogP contribution is 2.23. The predicted molar refractivity (Wildman–Crippen MR) is 113 cm³/mol. The van der Waals surface area contributed by atoms with E-state index in [0.717, 1.165) is 11.1 Å². The molecule has 8 nitrogen and oxygen atoms in total. The van der Waals surface area contributed by atoms with Crippen molar-refractivity contribution in [1.82, 2.24) is 5.16 Å². The van der Waals surface area contributed by atoms with Crippen LogP contribution in [0.25, 0.3) is 0 Å². The molecule has 3 rings (SSSR count). The van der Waals surface area contributed by atoms with E-state index in [1.165, 1.54) is 24.3 Å². The molecule has 1 aromatic heterocycles. The third kappa shape index (κ3) is 4.98. The maximum Gasteiger partial charge on any atom is 0.264 e. The summed E-state index contributed by atoms with van der Waals surface area (Å²) in [4.78, 5) is 12.2. The summed E-state index contributed by atoms with van der Waals surface area (Å²) in [6, 6.07) is 11.5. The van der Waals surface area contributed by atoms with Crippen LogP contribution in [0.2, 0.25) is 0 Å². The van der Waals surface area contributed by atoms with Crippen LogP contribution in [0.1, 0.15) is 22.4 Å². The van der Waals surface area contributed by atoms with Crippen molar-refractivity contribution in [3.8, 4) is 5.75 Å². The summed E-state index contributed by atoms with van der Waals surface area (Å²) >= 11 is 0. The second kappa shape index (κ2) is 8.58. The average Bonchev–Trinajstić information content (AvgIpc) is 2.99. The summed E-state index contributed by atoms with van der Waals surface area (Å²) < 4.78 is 37.9. The Bertz CT molecular complexity index is 1170. The normalized spacial score (nSPS) is 11.2. The molecule has 9 heteroatoms. The van der Waals surface area contributed by atoms with Crippen molar-refractivity contribution >= 4 is 27.5 Å². The van der Waals surface area contributed by atoms with Gasteiger partial charge in [0.15, 0.2) is 6.61 Å². The fraction of sp³-hybridized carbons (Fsp3) is 0.238. The number of rotatable bonds is 7. The minimum Gasteiger partial charge on any atom is -0.483 e. The molecule has 0 aliphatic rings. The molecule has 30 heavy (non-hydrogen) atoms. The number of anilines is 2. The number of ether oxygens (including phenoxy) is 1. The summed E-state index contributed by atoms with van der Waals surface area (Å²) in [5, 5.41) is 6.40. The molecule has 0 aliphatic carbocycles. The van der Waals surface area contributed by atoms with Gasteiger partial charge in [-0.25, -0.2) is 13.1 Å². The first kappa shape index (κ1) is 21.4. The van der Waals surface area contributed by atoms with Crippen LogP contribution in [0.5, 0.6) is 5.75 Å². The molecule has 2 N–H and O–H groups in total. The number of hydrogen-bond acceptors (Lipinski definition) is 6. The van der Waals surface area contributed by atoms with Gasteiger partial charge < -0.3 is 14.6 Å². The number of benzene rings is 2. The summed E-state index contributed by atoms with van der Waals surface area (Å²) in [7, 11) is -3.84. The van der Waals surface area contributed by atoms with Crippen LogP contribution in [0.4, 0.5) is 11.6 Å². The molecule has 0 bridgehead atoms. The number of sulfonamides is 1. The number of amides is 1. The average molecular weight is 429 g/mol. The Morgan fingerprint density at radius 1 is 1.07 bits per heavy atom. The van der Waals surface area contributed by atoms with Gasteiger partial charge >= 0.3 is 0 Å². The number of carbonyl (C=O) groups excluding carboxylic acids is 1. The molecule has 0 spiro atoms. The predicted octanol–water partition coefficient (Wildman–Crippen LogP) is 3.73. The number of carbonyl (C=O) groups is 1. The van der Waals surface area contributed by atoms with Gasteiger partial charge in [-0.1, -0.05) is 22.9 Å². The molecule has 2 aromatic carbocycles. The Morgan fingerprint density at radius 2 is 1.77 bits per heavy atom. The van der Waals surface area contributed by atoms with E-state index in [4.69, 9.17) is 9.26 Å². The second-order valence-corrected chi connectivity index (χ2v) is 8.64. The van der Waals surface area contributed by atoms with Crippen LogP contribution in [0.15, 0.2) is 51.9 Å². The zero-order valence-corrected chi connectivity index (χ0v) is 18.0. The molecule has 158 valence electrons. The SMILES string of the molecule is Cc1ccc(OCC(=O)Nc2ccc(S(=O)(=O)Nc3onc(C)c3C)cc2)c(C)c1. The van der Waals surface area contributed by atoms with Crippen LogP contribution in [-0.4, -0.2) is 26.1 Å². The first-order valence-corrected chi connectivity index (χ1v) is 10.7. The van der Waals surface area contributed by atoms with Gasteiger partial charge in [-0.2, -0.15) is 0 Å². The zero-order valence-electron chi connectivity index (χ0n) is 17.1. The van der Waals surface area contributed by atoms with E-state index >= 15 is 0 Å². The highest BCUT2D eigenvalue weighted by atomic mass is 32.2. The van der Waals surface area contributed by atoms with E-state index < -0.39 is 10.0 Å². The lowest BCUT2D eigenvalue weighted by Crippen LogP contribution is -2.20. The molecule has 0 unspecified atom stereocenters. The first-order chi connectivity index (χ1) is 14.2. The van der Waals surface area contributed by atoms with Crippen molar-refractivity contribution in [3.63, 3.8) is 0 Å². The lowest BCUT2D eigenvalue weighted by atomic mass is 10.1. The minimum absolute atomic E-state index is 0.0282. The van der Waals surface area contributed by atoms with Gasteiger partial charge in [-0.15, -0.1) is 0 Å². The van der Waals surface area contributed by atoms with E-state index in [1.807, 2.05) is 32.0 Å². The van der Waals surface area contributed by atoms with Gasteiger partial charge in [0.05, 0.1) is 10.6 Å². The largest absolute Gasteiger partial charge is 0.483 e. The van der Waals surface area contributed by atoms with Crippen LogP contribution in [0, 0.1) is 27.7 Å². The number of nitrogens with one attached hydrogen (secondary N) is 2. The van der Waals surface area contributed by atoms with Crippen molar-refractivity contribution in [3.05, 3.63) is 64.8 Å². The fourth-order valence-corrected chi connectivity index (χ4v) is 3.76. The lowest BCUT2D eigenvalue weighted by Gasteiger charge is -2.11. The van der Waals surface area contributed by atoms with E-state index in [9.17, 15) is 13.2 Å². The summed E-state index contributed by atoms with van der Waals surface area (Å²) in [5.41, 5.74) is 3.74. The summed E-state index contributed by atoms with van der Waals surface area (Å²) in [6.45, 7) is 7.17. The molecule has 0 atom stereocenters. The third-order valence-corrected chi connectivity index (χ3v) is 5.87. The standard InChI is InChI=1S/C21H23N3O5S/c1-13-5-10-19(14(2)11-13)28-12-20(25)22-17-6-8-18(9-7-17)30(26,27)24-21-15(3)16(4)23-29-21/h5-11,24H,12H2,1-4H3,(H,22,25). The van der Waals surface area contributed by atoms with Gasteiger partial charge in [0.1, 0.15) is 5.75 Å². The summed E-state index contributed by atoms with van der Waals surface area (Å²) in [5.74, 6) is 0.367. The molecular weight excluding hydrogens is 406 g/mol. The van der Waals surface area contributed by atoms with E-state index in [0.29, 0.717) is 22.7 Å². The van der Waals surface area contributed by atoms with Crippen LogP contribution >= 0.6 is 0 Å². The summed E-state index contributed by atoms with van der Waals surface area (Å²) in [6.07, 6.45) is 0. The second-order valence-electron chi connectivity index (χ2n) is 6.96. The van der Waals surface area contributed by atoms with Gasteiger partial charge in [0.25, 0.3) is 15.9 Å². The molecule has 1 amide bonds. The van der Waals surface area contributed by atoms with Crippen molar-refractivity contribution < 1.29 is 22.5 Å². The van der Waals surface area contributed by atoms with Crippen molar-refractivity contribution in [2.75, 3.05) is 16.6 Å². The Balaban J connectivity index is 1.60. The Hall–Kier alpha value is -3.33. The quantitative estimate of drug-likeness (QED) is 0.592. The molecule has 0 saturated carbocycles. The Labute approximate surface area is 175 Å². The van der Waals surface area contributed by atoms with E-state index in [1.54, 1.807) is 13.8 Å². The van der Waals surface area contributed by atoms with Crippen molar-refractivity contribution in [1.29, 1.82) is 0 Å². The molecular formula is C21H23N3O5S. The molecule has 0 saturated heterocycles. The maximum absolute atomic E-state index is 12.5. The highest BCUT2D eigenvalue weighted by molar-refractivity contribution is 7.92. The molecule has 3 aromatic rings. The van der Waals surface area contributed by atoms with Gasteiger partial charge in [-0.05, 0) is 63.6 Å². The number of nitrogens with zero attached hydrogens (tertiary/aromatic N) is 1. The van der Waals surface area contributed by atoms with Gasteiger partial charge in [0.2, 0.25) is 5.88 Å². The molecule has 0 fully saturated rings. The number of hydrogen-bond donors (Lipinski definition) is 2. The number of aromatic nitrogens is 1. The third-order valence-electron chi connectivity index (χ3n) is 4.52. The molecule has 1 heterocycles. The Kier molecular flexibility index (Phi) is 6.12. The van der Waals surface area contributed by atoms with Crippen LogP contribution < -0.4 is 14.8 Å². The first-order valence-electron chi connectivity index (χ1n) is 9.21. The van der Waals surface area contributed by atoms with Crippen molar-refractivity contribution in [2.45, 2.75) is 32.6 Å². The number of aryl methyl sites for hydroxylation is 3. The van der Waals surface area contributed by atoms with Gasteiger partial charge in [-0.3, -0.25) is 4.79 Å². The topological polar surface area (TPSA) is 111 Å². The lowest BCUT2D eigenvalue weighted by molar-refractivity contribution is -0.118. The molecule has 0 radical (unpaired) electrons. The van der Waals surface area contributed by atoms with Crippen molar-refractivity contribution in [2.24, 2.45) is 0 Å². The molecule has 0 aliphatic heterocycles. The van der Waals surface area contributed by atoms with Crippen LogP contribution in [-0.2, 0) is 14.8 Å². The van der Waals surface area contributed by atoms with Crippen LogP contribution in [0.3, 0.4) is 0 Å². The Morgan fingerprint density at radius 3 is 2.37 bits per heavy atom. The fourth-order valence-electron chi connectivity index (χ4n) is 2.71. The smallest absolute Gasteiger partial charge is 0.264 e. The maximum atomic E-state index is 12.5. The highest BCUT2D eigenvalue weighted by Gasteiger charge is 2.19. The zero-order chi connectivity index (χ0) is 21.9. The van der Waals surface area contributed by atoms with Gasteiger partial charge in [0, 0.05) is 11.3 Å². The minimum atomic E-state index is -3.84. The van der Waals surface area contributed by atoms with E-state index in [-0.39, 0.29) is 23.3 Å².